The number of hydrogen-bond acceptors (Lipinski definition) is 1. The third kappa shape index (κ3) is 3.14. The third-order valence-electron chi connectivity index (χ3n) is 1.47. The first-order valence-corrected chi connectivity index (χ1v) is 4.71. The fraction of sp³-hybridized carbons (Fsp3) is 0.222. The lowest BCUT2D eigenvalue weighted by Gasteiger charge is -2.05. The highest BCUT2D eigenvalue weighted by Crippen LogP contribution is 2.10. The number of benzene rings is 1. The van der Waals surface area contributed by atoms with Gasteiger partial charge in [0.05, 0.1) is 4.83 Å². The molecule has 1 aromatic carbocycles. The van der Waals surface area contributed by atoms with Gasteiger partial charge in [0.25, 0.3) is 0 Å². The Morgan fingerprint density at radius 3 is 2.46 bits per heavy atom. The molecule has 0 aliphatic carbocycles. The van der Waals surface area contributed by atoms with Gasteiger partial charge in [-0.05, 0) is 31.2 Å². The van der Waals surface area contributed by atoms with Crippen LogP contribution in [0.4, 0.5) is 10.1 Å². The summed E-state index contributed by atoms with van der Waals surface area (Å²) in [4.78, 5) is 10.9. The van der Waals surface area contributed by atoms with Crippen LogP contribution >= 0.6 is 15.9 Å². The summed E-state index contributed by atoms with van der Waals surface area (Å²) in [5.41, 5.74) is 0.595. The predicted octanol–water partition coefficient (Wildman–Crippen LogP) is 2.55. The Morgan fingerprint density at radius 2 is 2.00 bits per heavy atom. The second kappa shape index (κ2) is 4.37. The van der Waals surface area contributed by atoms with Gasteiger partial charge < -0.3 is 5.32 Å². The number of carbonyl (C=O) groups is 1. The van der Waals surface area contributed by atoms with Crippen molar-refractivity contribution in [1.29, 1.82) is 0 Å². The molecule has 1 aromatic rings. The number of carbonyl (C=O) groups excluding carboxylic acids is 1. The van der Waals surface area contributed by atoms with Gasteiger partial charge in [0.2, 0.25) is 5.91 Å². The highest BCUT2D eigenvalue weighted by Gasteiger charge is 2.07. The van der Waals surface area contributed by atoms with E-state index in [9.17, 15) is 9.18 Å². The Balaban J connectivity index is 2.65. The van der Waals surface area contributed by atoms with Gasteiger partial charge in [-0.1, -0.05) is 15.9 Å². The van der Waals surface area contributed by atoms with Crippen LogP contribution in [0.5, 0.6) is 0 Å². The second-order valence-corrected chi connectivity index (χ2v) is 3.99. The third-order valence-corrected chi connectivity index (χ3v) is 1.89. The SMILES string of the molecule is C[C@@H](Br)C(=O)Nc1ccc(F)cc1. The summed E-state index contributed by atoms with van der Waals surface area (Å²) in [5, 5.41) is 2.62. The highest BCUT2D eigenvalue weighted by atomic mass is 79.9. The summed E-state index contributed by atoms with van der Waals surface area (Å²) in [7, 11) is 0. The van der Waals surface area contributed by atoms with Gasteiger partial charge in [-0.25, -0.2) is 4.39 Å². The van der Waals surface area contributed by atoms with Gasteiger partial charge in [0, 0.05) is 5.69 Å². The molecule has 0 bridgehead atoms. The van der Waals surface area contributed by atoms with E-state index >= 15 is 0 Å². The number of rotatable bonds is 2. The van der Waals surface area contributed by atoms with Gasteiger partial charge in [-0.15, -0.1) is 0 Å². The molecule has 0 spiro atoms. The van der Waals surface area contributed by atoms with Crippen LogP contribution in [-0.4, -0.2) is 10.7 Å². The lowest BCUT2D eigenvalue weighted by molar-refractivity contribution is -0.115. The summed E-state index contributed by atoms with van der Waals surface area (Å²) >= 11 is 3.13. The van der Waals surface area contributed by atoms with E-state index in [2.05, 4.69) is 21.2 Å². The van der Waals surface area contributed by atoms with Gasteiger partial charge in [-0.3, -0.25) is 4.79 Å². The fourth-order valence-corrected chi connectivity index (χ4v) is 0.889. The van der Waals surface area contributed by atoms with Crippen molar-refractivity contribution in [2.24, 2.45) is 0 Å². The summed E-state index contributed by atoms with van der Waals surface area (Å²) in [6.45, 7) is 1.72. The molecule has 0 radical (unpaired) electrons. The molecule has 0 fully saturated rings. The van der Waals surface area contributed by atoms with Crippen LogP contribution in [0, 0.1) is 5.82 Å². The van der Waals surface area contributed by atoms with Gasteiger partial charge in [0.1, 0.15) is 5.82 Å². The number of amides is 1. The van der Waals surface area contributed by atoms with Crippen molar-refractivity contribution in [3.8, 4) is 0 Å². The van der Waals surface area contributed by atoms with E-state index in [1.165, 1.54) is 24.3 Å². The first kappa shape index (κ1) is 10.2. The van der Waals surface area contributed by atoms with Crippen molar-refractivity contribution in [3.05, 3.63) is 30.1 Å². The Kier molecular flexibility index (Phi) is 3.42. The van der Waals surface area contributed by atoms with E-state index in [0.717, 1.165) is 0 Å². The molecule has 1 amide bonds. The van der Waals surface area contributed by atoms with Crippen molar-refractivity contribution < 1.29 is 9.18 Å². The molecule has 1 rings (SSSR count). The molecule has 0 heterocycles. The maximum Gasteiger partial charge on any atom is 0.237 e. The molecule has 1 atom stereocenters. The summed E-state index contributed by atoms with van der Waals surface area (Å²) < 4.78 is 12.5. The molecule has 0 aromatic heterocycles. The molecule has 0 aliphatic heterocycles. The van der Waals surface area contributed by atoms with Crippen LogP contribution in [-0.2, 0) is 4.79 Å². The molecule has 2 nitrogen and oxygen atoms in total. The molecule has 0 unspecified atom stereocenters. The Bertz CT molecular complexity index is 297. The molecule has 1 N–H and O–H groups in total. The molecule has 70 valence electrons. The molecular weight excluding hydrogens is 237 g/mol. The van der Waals surface area contributed by atoms with Crippen LogP contribution in [0.15, 0.2) is 24.3 Å². The number of alkyl halides is 1. The monoisotopic (exact) mass is 245 g/mol. The van der Waals surface area contributed by atoms with Crippen molar-refractivity contribution in [2.75, 3.05) is 5.32 Å². The van der Waals surface area contributed by atoms with Crippen LogP contribution in [0.1, 0.15) is 6.92 Å². The van der Waals surface area contributed by atoms with E-state index < -0.39 is 0 Å². The zero-order valence-electron chi connectivity index (χ0n) is 7.05. The molecule has 0 saturated carbocycles. The average molecular weight is 246 g/mol. The Hall–Kier alpha value is -0.900. The number of halogens is 2. The second-order valence-electron chi connectivity index (χ2n) is 2.61. The van der Waals surface area contributed by atoms with E-state index in [4.69, 9.17) is 0 Å². The predicted molar refractivity (Wildman–Crippen MR) is 53.4 cm³/mol. The van der Waals surface area contributed by atoms with Crippen LogP contribution in [0.2, 0.25) is 0 Å². The minimum atomic E-state index is -0.315. The lowest BCUT2D eigenvalue weighted by atomic mass is 10.3. The normalized spacial score (nSPS) is 12.2. The zero-order chi connectivity index (χ0) is 9.84. The quantitative estimate of drug-likeness (QED) is 0.798. The topological polar surface area (TPSA) is 29.1 Å². The first-order chi connectivity index (χ1) is 6.09. The zero-order valence-corrected chi connectivity index (χ0v) is 8.64. The van der Waals surface area contributed by atoms with Gasteiger partial charge in [0.15, 0.2) is 0 Å². The van der Waals surface area contributed by atoms with Gasteiger partial charge >= 0.3 is 0 Å². The summed E-state index contributed by atoms with van der Waals surface area (Å²) in [6.07, 6.45) is 0. The van der Waals surface area contributed by atoms with Crippen molar-refractivity contribution in [2.45, 2.75) is 11.8 Å². The first-order valence-electron chi connectivity index (χ1n) is 3.80. The molecule has 0 saturated heterocycles. The largest absolute Gasteiger partial charge is 0.325 e. The van der Waals surface area contributed by atoms with E-state index in [1.54, 1.807) is 6.92 Å². The van der Waals surface area contributed by atoms with E-state index in [1.807, 2.05) is 0 Å². The molecular formula is C9H9BrFNO. The van der Waals surface area contributed by atoms with Crippen LogP contribution < -0.4 is 5.32 Å². The molecule has 0 aliphatic rings. The average Bonchev–Trinajstić information content (AvgIpc) is 2.08. The van der Waals surface area contributed by atoms with E-state index in [-0.39, 0.29) is 16.6 Å². The standard InChI is InChI=1S/C9H9BrFNO/c1-6(10)9(13)12-8-4-2-7(11)3-5-8/h2-6H,1H3,(H,12,13)/t6-/m1/s1. The number of anilines is 1. The Morgan fingerprint density at radius 1 is 1.46 bits per heavy atom. The minimum Gasteiger partial charge on any atom is -0.325 e. The maximum absolute atomic E-state index is 12.5. The smallest absolute Gasteiger partial charge is 0.237 e. The van der Waals surface area contributed by atoms with Crippen molar-refractivity contribution in [3.63, 3.8) is 0 Å². The summed E-state index contributed by atoms with van der Waals surface area (Å²) in [5.74, 6) is -0.462. The molecule has 4 heteroatoms. The minimum absolute atomic E-state index is 0.147. The van der Waals surface area contributed by atoms with Crippen LogP contribution in [0.3, 0.4) is 0 Å². The fourth-order valence-electron chi connectivity index (χ4n) is 0.775. The van der Waals surface area contributed by atoms with E-state index in [0.29, 0.717) is 5.69 Å². The Labute approximate surface area is 84.3 Å². The lowest BCUT2D eigenvalue weighted by Crippen LogP contribution is -2.19. The van der Waals surface area contributed by atoms with Crippen LogP contribution in [0.25, 0.3) is 0 Å². The highest BCUT2D eigenvalue weighted by molar-refractivity contribution is 9.10. The van der Waals surface area contributed by atoms with Gasteiger partial charge in [-0.2, -0.15) is 0 Å². The number of hydrogen-bond donors (Lipinski definition) is 1. The maximum atomic E-state index is 12.5. The summed E-state index contributed by atoms with van der Waals surface area (Å²) in [6, 6.07) is 5.63. The number of nitrogens with one attached hydrogen (secondary N) is 1. The van der Waals surface area contributed by atoms with Crippen molar-refractivity contribution >= 4 is 27.5 Å². The molecule has 13 heavy (non-hydrogen) atoms. The van der Waals surface area contributed by atoms with Crippen molar-refractivity contribution in [1.82, 2.24) is 0 Å².